The number of fused-ring (bicyclic) bond motifs is 1. The molecule has 5 nitrogen and oxygen atoms in total. The van der Waals surface area contributed by atoms with E-state index < -0.39 is 5.82 Å². The monoisotopic (exact) mass is 454 g/mol. The zero-order valence-corrected chi connectivity index (χ0v) is 16.9. The molecule has 0 radical (unpaired) electrons. The first-order chi connectivity index (χ1) is 14.2. The van der Waals surface area contributed by atoms with Crippen molar-refractivity contribution in [2.75, 3.05) is 6.61 Å². The maximum atomic E-state index is 14.1. The van der Waals surface area contributed by atoms with Crippen LogP contribution < -0.4 is 9.47 Å². The molecule has 2 aromatic heterocycles. The van der Waals surface area contributed by atoms with Crippen molar-refractivity contribution in [3.8, 4) is 28.8 Å². The van der Waals surface area contributed by atoms with Crippen molar-refractivity contribution in [3.05, 3.63) is 65.0 Å². The molecule has 0 spiro atoms. The van der Waals surface area contributed by atoms with E-state index in [4.69, 9.17) is 13.9 Å². The normalized spacial score (nSPS) is 13.6. The summed E-state index contributed by atoms with van der Waals surface area (Å²) in [6.07, 6.45) is 4.08. The minimum absolute atomic E-state index is 0.109. The molecule has 1 saturated carbocycles. The highest BCUT2D eigenvalue weighted by Gasteiger charge is 2.22. The third-order valence-corrected chi connectivity index (χ3v) is 5.26. The largest absolute Gasteiger partial charge is 0.493 e. The highest BCUT2D eigenvalue weighted by atomic mass is 79.9. The van der Waals surface area contributed by atoms with Crippen molar-refractivity contribution < 1.29 is 18.3 Å². The van der Waals surface area contributed by atoms with Gasteiger partial charge in [0.05, 0.1) is 16.6 Å². The fourth-order valence-corrected chi connectivity index (χ4v) is 3.19. The number of halogens is 2. The first-order valence-electron chi connectivity index (χ1n) is 9.27. The van der Waals surface area contributed by atoms with E-state index in [1.165, 1.54) is 12.8 Å². The molecule has 4 aromatic rings. The molecule has 1 fully saturated rings. The Morgan fingerprint density at radius 2 is 1.97 bits per heavy atom. The third kappa shape index (κ3) is 3.96. The second-order valence-corrected chi connectivity index (χ2v) is 7.80. The SMILES string of the molecule is Fc1c(Br)ccc2nc(-c3ccc(Oc4cccc(OCC5CC5)c4)nc3)oc12. The Balaban J connectivity index is 1.32. The van der Waals surface area contributed by atoms with Gasteiger partial charge in [0.15, 0.2) is 11.4 Å². The molecule has 0 saturated heterocycles. The van der Waals surface area contributed by atoms with Gasteiger partial charge >= 0.3 is 0 Å². The summed E-state index contributed by atoms with van der Waals surface area (Å²) in [5.41, 5.74) is 1.19. The van der Waals surface area contributed by atoms with Gasteiger partial charge in [-0.3, -0.25) is 0 Å². The van der Waals surface area contributed by atoms with E-state index in [0.717, 1.165) is 12.4 Å². The summed E-state index contributed by atoms with van der Waals surface area (Å²) in [5, 5.41) is 0. The van der Waals surface area contributed by atoms with Gasteiger partial charge in [0, 0.05) is 18.3 Å². The van der Waals surface area contributed by atoms with E-state index in [-0.39, 0.29) is 5.58 Å². The van der Waals surface area contributed by atoms with Crippen molar-refractivity contribution in [2.45, 2.75) is 12.8 Å². The predicted molar refractivity (Wildman–Crippen MR) is 110 cm³/mol. The maximum Gasteiger partial charge on any atom is 0.229 e. The van der Waals surface area contributed by atoms with Crippen LogP contribution in [0.2, 0.25) is 0 Å². The lowest BCUT2D eigenvalue weighted by Gasteiger charge is -2.08. The van der Waals surface area contributed by atoms with Crippen molar-refractivity contribution in [1.82, 2.24) is 9.97 Å². The maximum absolute atomic E-state index is 14.1. The van der Waals surface area contributed by atoms with Gasteiger partial charge in [-0.15, -0.1) is 0 Å². The Labute approximate surface area is 174 Å². The van der Waals surface area contributed by atoms with Gasteiger partial charge in [-0.05, 0) is 65.0 Å². The Morgan fingerprint density at radius 3 is 2.76 bits per heavy atom. The van der Waals surface area contributed by atoms with Crippen LogP contribution in [0.25, 0.3) is 22.6 Å². The van der Waals surface area contributed by atoms with Crippen molar-refractivity contribution in [3.63, 3.8) is 0 Å². The molecule has 5 rings (SSSR count). The Bertz CT molecular complexity index is 1170. The lowest BCUT2D eigenvalue weighted by Crippen LogP contribution is -1.98. The van der Waals surface area contributed by atoms with Gasteiger partial charge in [-0.25, -0.2) is 14.4 Å². The number of benzene rings is 2. The highest BCUT2D eigenvalue weighted by molar-refractivity contribution is 9.10. The fourth-order valence-electron chi connectivity index (χ4n) is 2.87. The number of hydrogen-bond acceptors (Lipinski definition) is 5. The fraction of sp³-hybridized carbons (Fsp3) is 0.182. The number of hydrogen-bond donors (Lipinski definition) is 0. The summed E-state index contributed by atoms with van der Waals surface area (Å²) in [7, 11) is 0. The van der Waals surface area contributed by atoms with Crippen molar-refractivity contribution in [2.24, 2.45) is 5.92 Å². The Morgan fingerprint density at radius 1 is 1.10 bits per heavy atom. The minimum atomic E-state index is -0.474. The van der Waals surface area contributed by atoms with Gasteiger partial charge in [-0.2, -0.15) is 0 Å². The second-order valence-electron chi connectivity index (χ2n) is 6.95. The summed E-state index contributed by atoms with van der Waals surface area (Å²) in [6.45, 7) is 0.748. The van der Waals surface area contributed by atoms with Crippen molar-refractivity contribution in [1.29, 1.82) is 0 Å². The molecular formula is C22H16BrFN2O3. The number of ether oxygens (including phenoxy) is 2. The van der Waals surface area contributed by atoms with E-state index in [2.05, 4.69) is 25.9 Å². The van der Waals surface area contributed by atoms with Gasteiger partial charge in [0.2, 0.25) is 11.8 Å². The molecule has 0 bridgehead atoms. The number of pyridine rings is 1. The first kappa shape index (κ1) is 18.1. The van der Waals surface area contributed by atoms with Crippen LogP contribution in [0.15, 0.2) is 63.6 Å². The van der Waals surface area contributed by atoms with Crippen LogP contribution in [0.3, 0.4) is 0 Å². The molecule has 1 aliphatic rings. The molecular weight excluding hydrogens is 439 g/mol. The summed E-state index contributed by atoms with van der Waals surface area (Å²) in [4.78, 5) is 8.63. The standard InChI is InChI=1S/C22H16BrFN2O3/c23-17-7-8-18-21(20(17)24)29-22(26-18)14-6-9-19(25-11-14)28-16-3-1-2-15(10-16)27-12-13-4-5-13/h1-3,6-11,13H,4-5,12H2. The predicted octanol–water partition coefficient (Wildman–Crippen LogP) is 6.37. The lowest BCUT2D eigenvalue weighted by atomic mass is 10.3. The highest BCUT2D eigenvalue weighted by Crippen LogP contribution is 2.32. The molecule has 0 N–H and O–H groups in total. The summed E-state index contributed by atoms with van der Waals surface area (Å²) >= 11 is 3.15. The van der Waals surface area contributed by atoms with Crippen LogP contribution in [0.5, 0.6) is 17.4 Å². The summed E-state index contributed by atoms with van der Waals surface area (Å²) in [5.74, 6) is 2.37. The van der Waals surface area contributed by atoms with E-state index in [0.29, 0.717) is 39.0 Å². The van der Waals surface area contributed by atoms with Crippen LogP contribution in [0.1, 0.15) is 12.8 Å². The molecule has 146 valence electrons. The van der Waals surface area contributed by atoms with Gasteiger partial charge in [0.1, 0.15) is 17.0 Å². The van der Waals surface area contributed by atoms with Crippen LogP contribution in [0, 0.1) is 11.7 Å². The molecule has 0 unspecified atom stereocenters. The number of oxazole rings is 1. The van der Waals surface area contributed by atoms with Gasteiger partial charge in [0.25, 0.3) is 0 Å². The molecule has 7 heteroatoms. The summed E-state index contributed by atoms with van der Waals surface area (Å²) < 4.78 is 31.6. The van der Waals surface area contributed by atoms with Crippen LogP contribution in [-0.2, 0) is 0 Å². The Hall–Kier alpha value is -2.93. The number of aromatic nitrogens is 2. The van der Waals surface area contributed by atoms with Crippen LogP contribution >= 0.6 is 15.9 Å². The van der Waals surface area contributed by atoms with Crippen LogP contribution in [-0.4, -0.2) is 16.6 Å². The summed E-state index contributed by atoms with van der Waals surface area (Å²) in [6, 6.07) is 14.3. The Kier molecular flexibility index (Phi) is 4.67. The van der Waals surface area contributed by atoms with E-state index in [9.17, 15) is 4.39 Å². The second kappa shape index (κ2) is 7.48. The molecule has 0 amide bonds. The third-order valence-electron chi connectivity index (χ3n) is 4.64. The minimum Gasteiger partial charge on any atom is -0.493 e. The van der Waals surface area contributed by atoms with Crippen molar-refractivity contribution >= 4 is 27.0 Å². The number of nitrogens with zero attached hydrogens (tertiary/aromatic N) is 2. The van der Waals surface area contributed by atoms with E-state index >= 15 is 0 Å². The molecule has 0 atom stereocenters. The van der Waals surface area contributed by atoms with Crippen LogP contribution in [0.4, 0.5) is 4.39 Å². The van der Waals surface area contributed by atoms with E-state index in [1.54, 1.807) is 30.5 Å². The number of rotatable bonds is 6. The zero-order chi connectivity index (χ0) is 19.8. The molecule has 2 aromatic carbocycles. The van der Waals surface area contributed by atoms with E-state index in [1.807, 2.05) is 24.3 Å². The topological polar surface area (TPSA) is 57.4 Å². The quantitative estimate of drug-likeness (QED) is 0.338. The zero-order valence-electron chi connectivity index (χ0n) is 15.3. The average molecular weight is 455 g/mol. The smallest absolute Gasteiger partial charge is 0.229 e. The molecule has 0 aliphatic heterocycles. The average Bonchev–Trinajstić information content (AvgIpc) is 3.47. The van der Waals surface area contributed by atoms with Gasteiger partial charge < -0.3 is 13.9 Å². The molecule has 29 heavy (non-hydrogen) atoms. The van der Waals surface area contributed by atoms with Gasteiger partial charge in [-0.1, -0.05) is 6.07 Å². The first-order valence-corrected chi connectivity index (χ1v) is 10.1. The lowest BCUT2D eigenvalue weighted by molar-refractivity contribution is 0.298. The molecule has 2 heterocycles. The molecule has 1 aliphatic carbocycles.